The Kier molecular flexibility index (Phi) is 23.3. The molecule has 6 aliphatic carbocycles. The van der Waals surface area contributed by atoms with Gasteiger partial charge in [0.15, 0.2) is 0 Å². The quantitative estimate of drug-likeness (QED) is 0.0682. The van der Waals surface area contributed by atoms with Crippen molar-refractivity contribution in [1.29, 1.82) is 0 Å². The molecule has 0 radical (unpaired) electrons. The number of benzene rings is 4. The van der Waals surface area contributed by atoms with Gasteiger partial charge in [0.1, 0.15) is 23.3 Å². The van der Waals surface area contributed by atoms with E-state index in [1.165, 1.54) is 89.2 Å². The predicted molar refractivity (Wildman–Crippen MR) is 358 cm³/mol. The van der Waals surface area contributed by atoms with Crippen LogP contribution in [0.1, 0.15) is 120 Å². The number of nitrogens with one attached hydrogen (secondary N) is 5. The maximum Gasteiger partial charge on any atom is 0.373 e. The van der Waals surface area contributed by atoms with Crippen molar-refractivity contribution in [3.8, 4) is 0 Å². The Balaban J connectivity index is 0.000000133. The molecule has 8 aromatic rings. The van der Waals surface area contributed by atoms with E-state index in [0.717, 1.165) is 131 Å². The monoisotopic (exact) mass is 1370 g/mol. The molecule has 0 spiro atoms. The van der Waals surface area contributed by atoms with E-state index in [1.54, 1.807) is 24.3 Å². The SMILES string of the molecule is C.Cc1cccc2c(=O)[nH]c(CSCC3CCC3)nc12.O=C=O.O=c1[nH]c(CSC23CC4CC(CC(C4)C2)C3)nc2ccccc12.O=c1[nH]c(CSC2CCCC2)nc2c(Br)cc(Br)cc12.O=c1[nH]c(CSCC2CNC2)nc2ccc(Cl)cc12. The van der Waals surface area contributed by atoms with Crippen LogP contribution in [0.3, 0.4) is 0 Å². The van der Waals surface area contributed by atoms with Crippen molar-refractivity contribution in [1.82, 2.24) is 45.2 Å². The molecule has 4 aromatic heterocycles. The van der Waals surface area contributed by atoms with Gasteiger partial charge >= 0.3 is 6.15 Å². The van der Waals surface area contributed by atoms with Crippen LogP contribution in [0.5, 0.6) is 0 Å². The molecule has 85 heavy (non-hydrogen) atoms. The topological polar surface area (TPSA) is 229 Å². The number of halogens is 3. The molecule has 4 aromatic carbocycles. The lowest BCUT2D eigenvalue weighted by atomic mass is 9.56. The van der Waals surface area contributed by atoms with Crippen LogP contribution in [0.25, 0.3) is 43.6 Å². The van der Waals surface area contributed by atoms with Gasteiger partial charge in [0.2, 0.25) is 0 Å². The fourth-order valence-electron chi connectivity index (χ4n) is 12.6. The Bertz CT molecular complexity index is 3850. The molecule has 0 unspecified atom stereocenters. The predicted octanol–water partition coefficient (Wildman–Crippen LogP) is 14.1. The minimum atomic E-state index is -0.117. The second-order valence-corrected chi connectivity index (χ2v) is 30.0. The van der Waals surface area contributed by atoms with E-state index in [0.29, 0.717) is 36.8 Å². The van der Waals surface area contributed by atoms with E-state index >= 15 is 0 Å². The zero-order valence-electron chi connectivity index (χ0n) is 46.7. The molecule has 6 saturated carbocycles. The molecule has 15 rings (SSSR count). The van der Waals surface area contributed by atoms with Crippen LogP contribution >= 0.6 is 90.5 Å². The Morgan fingerprint density at radius 1 is 0.588 bits per heavy atom. The van der Waals surface area contributed by atoms with Gasteiger partial charge in [0.05, 0.1) is 66.6 Å². The summed E-state index contributed by atoms with van der Waals surface area (Å²) >= 11 is 20.4. The Morgan fingerprint density at radius 2 is 1.13 bits per heavy atom. The Labute approximate surface area is 532 Å². The van der Waals surface area contributed by atoms with Gasteiger partial charge in [-0.15, -0.1) is 11.8 Å². The number of H-pyrrole nitrogens is 4. The molecule has 0 atom stereocenters. The number of hydrogen-bond donors (Lipinski definition) is 5. The number of para-hydroxylation sites is 2. The summed E-state index contributed by atoms with van der Waals surface area (Å²) in [5, 5.41) is 7.07. The molecule has 1 saturated heterocycles. The average molecular weight is 1370 g/mol. The highest BCUT2D eigenvalue weighted by Gasteiger charge is 2.51. The highest BCUT2D eigenvalue weighted by Crippen LogP contribution is 2.61. The molecule has 5 N–H and O–H groups in total. The van der Waals surface area contributed by atoms with E-state index in [1.807, 2.05) is 90.7 Å². The molecule has 0 amide bonds. The first kappa shape index (κ1) is 64.9. The fraction of sp³-hybridized carbons (Fsp3) is 0.476. The number of thioether (sulfide) groups is 4. The van der Waals surface area contributed by atoms with Crippen LogP contribution < -0.4 is 27.6 Å². The van der Waals surface area contributed by atoms with Crippen molar-refractivity contribution in [2.24, 2.45) is 29.6 Å². The van der Waals surface area contributed by atoms with Crippen molar-refractivity contribution in [2.75, 3.05) is 24.6 Å². The van der Waals surface area contributed by atoms with Gasteiger partial charge in [0.25, 0.3) is 22.2 Å². The summed E-state index contributed by atoms with van der Waals surface area (Å²) in [7, 11) is 0. The van der Waals surface area contributed by atoms with Crippen molar-refractivity contribution in [3.05, 3.63) is 157 Å². The van der Waals surface area contributed by atoms with Crippen LogP contribution in [0, 0.1) is 36.5 Å². The fourth-order valence-corrected chi connectivity index (χ4v) is 19.0. The molecular weight excluding hydrogens is 1300 g/mol. The highest BCUT2D eigenvalue weighted by atomic mass is 79.9. The maximum absolute atomic E-state index is 12.2. The lowest BCUT2D eigenvalue weighted by molar-refractivity contribution is -0.191. The third-order valence-electron chi connectivity index (χ3n) is 16.7. The Morgan fingerprint density at radius 3 is 1.75 bits per heavy atom. The first-order valence-corrected chi connectivity index (χ1v) is 35.1. The van der Waals surface area contributed by atoms with E-state index in [2.05, 4.69) is 88.8 Å². The van der Waals surface area contributed by atoms with E-state index in [4.69, 9.17) is 21.2 Å². The normalized spacial score (nSPS) is 20.4. The first-order valence-electron chi connectivity index (χ1n) is 28.8. The summed E-state index contributed by atoms with van der Waals surface area (Å²) in [4.78, 5) is 94.5. The van der Waals surface area contributed by atoms with Crippen LogP contribution in [0.4, 0.5) is 0 Å². The number of hydrogen-bond acceptors (Lipinski definition) is 15. The number of rotatable bonds is 14. The van der Waals surface area contributed by atoms with Crippen LogP contribution in [-0.4, -0.2) is 80.6 Å². The molecule has 7 fully saturated rings. The van der Waals surface area contributed by atoms with Gasteiger partial charge in [-0.2, -0.15) is 44.9 Å². The summed E-state index contributed by atoms with van der Waals surface area (Å²) in [6, 6.07) is 22.3. The summed E-state index contributed by atoms with van der Waals surface area (Å²) in [5.74, 6) is 13.2. The second kappa shape index (κ2) is 30.6. The Hall–Kier alpha value is -4.57. The zero-order chi connectivity index (χ0) is 58.7. The summed E-state index contributed by atoms with van der Waals surface area (Å²) < 4.78 is 2.19. The van der Waals surface area contributed by atoms with E-state index < -0.39 is 0 Å². The summed E-state index contributed by atoms with van der Waals surface area (Å²) in [6.07, 6.45) is 18.2. The van der Waals surface area contributed by atoms with Crippen molar-refractivity contribution in [2.45, 2.75) is 131 Å². The van der Waals surface area contributed by atoms with Gasteiger partial charge in [-0.1, -0.05) is 78.5 Å². The van der Waals surface area contributed by atoms with Crippen LogP contribution in [0.2, 0.25) is 5.02 Å². The van der Waals surface area contributed by atoms with Gasteiger partial charge < -0.3 is 25.3 Å². The third kappa shape index (κ3) is 17.2. The van der Waals surface area contributed by atoms with Gasteiger partial charge in [-0.05, 0) is 195 Å². The number of aryl methyl sites for hydroxylation is 1. The van der Waals surface area contributed by atoms with Gasteiger partial charge in [0, 0.05) is 24.0 Å². The number of aromatic amines is 4. The molecule has 1 aliphatic heterocycles. The number of aromatic nitrogens is 8. The molecule has 5 heterocycles. The smallest absolute Gasteiger partial charge is 0.316 e. The summed E-state index contributed by atoms with van der Waals surface area (Å²) in [5.41, 5.74) is 3.95. The highest BCUT2D eigenvalue weighted by molar-refractivity contribution is 9.11. The molecule has 4 bridgehead atoms. The van der Waals surface area contributed by atoms with E-state index in [9.17, 15) is 19.2 Å². The maximum atomic E-state index is 12.2. The molecule has 7 aliphatic rings. The summed E-state index contributed by atoms with van der Waals surface area (Å²) in [6.45, 7) is 4.21. The van der Waals surface area contributed by atoms with Crippen molar-refractivity contribution >= 4 is 140 Å². The van der Waals surface area contributed by atoms with Gasteiger partial charge in [-0.3, -0.25) is 19.2 Å². The zero-order valence-corrected chi connectivity index (χ0v) is 53.9. The number of carbonyl (C=O) groups excluding carboxylic acids is 2. The minimum Gasteiger partial charge on any atom is -0.316 e. The second-order valence-electron chi connectivity index (χ2n) is 23.0. The molecule has 22 heteroatoms. The number of fused-ring (bicyclic) bond motifs is 4. The first-order chi connectivity index (χ1) is 40.7. The lowest BCUT2D eigenvalue weighted by Crippen LogP contribution is -2.48. The largest absolute Gasteiger partial charge is 0.373 e. The van der Waals surface area contributed by atoms with E-state index in [-0.39, 0.29) is 35.8 Å². The van der Waals surface area contributed by atoms with Crippen LogP contribution in [0.15, 0.2) is 101 Å². The molecule has 15 nitrogen and oxygen atoms in total. The third-order valence-corrected chi connectivity index (χ3v) is 23.3. The molecule has 450 valence electrons. The molecular formula is C63H72Br2ClN9O6S4. The standard InChI is InChI=1S/C19H22N2OS.C15H18N2OS.C14H14Br2N2OS.C13H14ClN3OS.CO2.CH4/c22-18-15-3-1-2-4-16(15)20-17(21-18)11-23-19-8-12-5-13(9-19)7-14(6-12)10-19;1-10-4-2-7-12-14(10)16-13(17-15(12)18)9-19-8-11-5-3-6-11;15-8-5-10-13(11(16)6-8)17-12(18-14(10)19)7-20-9-3-1-2-4-9;14-9-1-2-11-10(3-9)13(18)17-12(16-11)7-19-6-8-4-15-5-8;2-1-3;/h1-4,12-14H,5-11H2,(H,20,21,22);2,4,7,11H,3,5-6,8-9H2,1H3,(H,16,17,18);5-6,9H,1-4,7H2,(H,17,18,19);1-3,8,15H,4-7H2,(H,16,17,18);;1H4. The van der Waals surface area contributed by atoms with Crippen molar-refractivity contribution in [3.63, 3.8) is 0 Å². The minimum absolute atomic E-state index is 0. The van der Waals surface area contributed by atoms with Gasteiger partial charge in [-0.25, -0.2) is 19.9 Å². The van der Waals surface area contributed by atoms with Crippen molar-refractivity contribution < 1.29 is 9.59 Å². The lowest BCUT2D eigenvalue weighted by Gasteiger charge is -2.56. The van der Waals surface area contributed by atoms with Crippen LogP contribution in [-0.2, 0) is 32.6 Å². The average Bonchev–Trinajstić information content (AvgIpc) is 1.29. The number of nitrogens with zero attached hydrogens (tertiary/aromatic N) is 4.